The van der Waals surface area contributed by atoms with Crippen LogP contribution < -0.4 is 4.74 Å². The van der Waals surface area contributed by atoms with Crippen LogP contribution in [0.4, 0.5) is 8.78 Å². The molecule has 0 spiro atoms. The molecular formula is C18H15BrClF2NO2. The predicted molar refractivity (Wildman–Crippen MR) is 95.1 cm³/mol. The van der Waals surface area contributed by atoms with Crippen molar-refractivity contribution in [3.8, 4) is 5.75 Å². The molecule has 0 atom stereocenters. The number of halogens is 4. The van der Waals surface area contributed by atoms with Crippen molar-refractivity contribution in [2.45, 2.75) is 18.9 Å². The summed E-state index contributed by atoms with van der Waals surface area (Å²) in [6.07, 6.45) is 0.914. The number of hydrogen-bond donors (Lipinski definition) is 0. The summed E-state index contributed by atoms with van der Waals surface area (Å²) in [4.78, 5) is 14.3. The number of benzene rings is 2. The van der Waals surface area contributed by atoms with E-state index in [0.29, 0.717) is 36.5 Å². The van der Waals surface area contributed by atoms with E-state index < -0.39 is 11.6 Å². The first-order valence-electron chi connectivity index (χ1n) is 7.80. The molecule has 1 saturated heterocycles. The zero-order valence-electron chi connectivity index (χ0n) is 13.1. The molecule has 0 N–H and O–H groups in total. The molecule has 0 bridgehead atoms. The topological polar surface area (TPSA) is 29.5 Å². The van der Waals surface area contributed by atoms with Crippen molar-refractivity contribution >= 4 is 33.4 Å². The lowest BCUT2D eigenvalue weighted by atomic mass is 10.1. The maximum absolute atomic E-state index is 13.7. The van der Waals surface area contributed by atoms with Crippen LogP contribution in [-0.4, -0.2) is 30.0 Å². The molecule has 1 aliphatic rings. The highest BCUT2D eigenvalue weighted by molar-refractivity contribution is 9.10. The fraction of sp³-hybridized carbons (Fsp3) is 0.278. The second kappa shape index (κ2) is 7.70. The van der Waals surface area contributed by atoms with Crippen LogP contribution in [0.5, 0.6) is 5.75 Å². The summed E-state index contributed by atoms with van der Waals surface area (Å²) in [6, 6.07) is 8.37. The van der Waals surface area contributed by atoms with E-state index in [-0.39, 0.29) is 17.8 Å². The number of carbonyl (C=O) groups is 1. The summed E-state index contributed by atoms with van der Waals surface area (Å²) in [7, 11) is 0. The van der Waals surface area contributed by atoms with Crippen molar-refractivity contribution in [3.63, 3.8) is 0 Å². The molecule has 3 rings (SSSR count). The van der Waals surface area contributed by atoms with Gasteiger partial charge in [0, 0.05) is 36.5 Å². The Morgan fingerprint density at radius 3 is 2.52 bits per heavy atom. The molecule has 0 unspecified atom stereocenters. The summed E-state index contributed by atoms with van der Waals surface area (Å²) in [5.41, 5.74) is 0.453. The summed E-state index contributed by atoms with van der Waals surface area (Å²) in [6.45, 7) is 0.970. The first kappa shape index (κ1) is 18.1. The van der Waals surface area contributed by atoms with Crippen molar-refractivity contribution in [3.05, 3.63) is 63.1 Å². The smallest absolute Gasteiger partial charge is 0.255 e. The van der Waals surface area contributed by atoms with Gasteiger partial charge >= 0.3 is 0 Å². The van der Waals surface area contributed by atoms with Gasteiger partial charge in [0.05, 0.1) is 10.6 Å². The Bertz CT molecular complexity index is 795. The quantitative estimate of drug-likeness (QED) is 0.681. The Labute approximate surface area is 157 Å². The van der Waals surface area contributed by atoms with E-state index in [1.54, 1.807) is 23.1 Å². The lowest BCUT2D eigenvalue weighted by molar-refractivity contribution is 0.0588. The van der Waals surface area contributed by atoms with Gasteiger partial charge in [-0.3, -0.25) is 4.79 Å². The summed E-state index contributed by atoms with van der Waals surface area (Å²) in [5, 5.41) is 0.395. The molecule has 7 heteroatoms. The molecule has 1 heterocycles. The first-order valence-corrected chi connectivity index (χ1v) is 8.97. The van der Waals surface area contributed by atoms with Crippen molar-refractivity contribution in [1.82, 2.24) is 4.90 Å². The van der Waals surface area contributed by atoms with Crippen molar-refractivity contribution in [2.24, 2.45) is 0 Å². The Balaban J connectivity index is 1.60. The van der Waals surface area contributed by atoms with Gasteiger partial charge in [-0.15, -0.1) is 0 Å². The molecule has 2 aromatic carbocycles. The van der Waals surface area contributed by atoms with Crippen LogP contribution >= 0.6 is 27.5 Å². The number of ether oxygens (including phenoxy) is 1. The highest BCUT2D eigenvalue weighted by Gasteiger charge is 2.26. The van der Waals surface area contributed by atoms with E-state index >= 15 is 0 Å². The molecule has 1 fully saturated rings. The lowest BCUT2D eigenvalue weighted by Gasteiger charge is -2.32. The van der Waals surface area contributed by atoms with E-state index in [1.807, 2.05) is 0 Å². The average molecular weight is 431 g/mol. The van der Waals surface area contributed by atoms with Crippen molar-refractivity contribution < 1.29 is 18.3 Å². The SMILES string of the molecule is O=C(c1ccc(Br)cc1Cl)N1CCC(Oc2ccc(F)cc2F)CC1. The number of rotatable bonds is 3. The highest BCUT2D eigenvalue weighted by Crippen LogP contribution is 2.26. The Kier molecular flexibility index (Phi) is 5.59. The molecule has 1 amide bonds. The van der Waals surface area contributed by atoms with Gasteiger partial charge in [0.15, 0.2) is 11.6 Å². The van der Waals surface area contributed by atoms with Crippen LogP contribution in [0.2, 0.25) is 5.02 Å². The molecule has 0 aromatic heterocycles. The van der Waals surface area contributed by atoms with Gasteiger partial charge in [0.25, 0.3) is 5.91 Å². The van der Waals surface area contributed by atoms with Gasteiger partial charge in [0.1, 0.15) is 11.9 Å². The number of piperidine rings is 1. The first-order chi connectivity index (χ1) is 11.9. The standard InChI is InChI=1S/C18H15BrClF2NO2/c19-11-1-3-14(15(20)9-11)18(24)23-7-5-13(6-8-23)25-17-4-2-12(21)10-16(17)22/h1-4,9-10,13H,5-8H2. The van der Waals surface area contributed by atoms with Crippen LogP contribution in [0.25, 0.3) is 0 Å². The average Bonchev–Trinajstić information content (AvgIpc) is 2.57. The third kappa shape index (κ3) is 4.30. The summed E-state index contributed by atoms with van der Waals surface area (Å²) < 4.78 is 33.0. The van der Waals surface area contributed by atoms with E-state index in [9.17, 15) is 13.6 Å². The number of hydrogen-bond acceptors (Lipinski definition) is 2. The van der Waals surface area contributed by atoms with Gasteiger partial charge in [0.2, 0.25) is 0 Å². The Hall–Kier alpha value is -1.66. The molecule has 3 nitrogen and oxygen atoms in total. The van der Waals surface area contributed by atoms with Gasteiger partial charge in [-0.2, -0.15) is 0 Å². The minimum atomic E-state index is -0.722. The van der Waals surface area contributed by atoms with Crippen LogP contribution in [0.15, 0.2) is 40.9 Å². The molecule has 0 aliphatic carbocycles. The van der Waals surface area contributed by atoms with E-state index in [0.717, 1.165) is 16.6 Å². The molecule has 0 radical (unpaired) electrons. The number of nitrogens with zero attached hydrogens (tertiary/aromatic N) is 1. The number of carbonyl (C=O) groups excluding carboxylic acids is 1. The minimum absolute atomic E-state index is 0.0298. The van der Waals surface area contributed by atoms with E-state index in [1.165, 1.54) is 6.07 Å². The van der Waals surface area contributed by atoms with Crippen molar-refractivity contribution in [1.29, 1.82) is 0 Å². The maximum Gasteiger partial charge on any atom is 0.255 e. The van der Waals surface area contributed by atoms with Crippen LogP contribution in [0.3, 0.4) is 0 Å². The van der Waals surface area contributed by atoms with Gasteiger partial charge < -0.3 is 9.64 Å². The van der Waals surface area contributed by atoms with Crippen LogP contribution in [-0.2, 0) is 0 Å². The third-order valence-corrected chi connectivity index (χ3v) is 4.88. The van der Waals surface area contributed by atoms with Gasteiger partial charge in [-0.05, 0) is 30.3 Å². The second-order valence-corrected chi connectivity index (χ2v) is 7.13. The number of amides is 1. The summed E-state index contributed by atoms with van der Waals surface area (Å²) >= 11 is 9.45. The zero-order chi connectivity index (χ0) is 18.0. The molecular weight excluding hydrogens is 416 g/mol. The van der Waals surface area contributed by atoms with Crippen LogP contribution in [0, 0.1) is 11.6 Å². The fourth-order valence-corrected chi connectivity index (χ4v) is 3.51. The zero-order valence-corrected chi connectivity index (χ0v) is 15.5. The molecule has 2 aromatic rings. The Morgan fingerprint density at radius 2 is 1.88 bits per heavy atom. The van der Waals surface area contributed by atoms with Gasteiger partial charge in [-0.25, -0.2) is 8.78 Å². The highest BCUT2D eigenvalue weighted by atomic mass is 79.9. The lowest BCUT2D eigenvalue weighted by Crippen LogP contribution is -2.42. The van der Waals surface area contributed by atoms with Gasteiger partial charge in [-0.1, -0.05) is 27.5 Å². The maximum atomic E-state index is 13.7. The number of likely N-dealkylation sites (tertiary alicyclic amines) is 1. The molecule has 25 heavy (non-hydrogen) atoms. The minimum Gasteiger partial charge on any atom is -0.487 e. The van der Waals surface area contributed by atoms with Crippen LogP contribution in [0.1, 0.15) is 23.2 Å². The Morgan fingerprint density at radius 1 is 1.16 bits per heavy atom. The summed E-state index contributed by atoms with van der Waals surface area (Å²) in [5.74, 6) is -1.47. The molecule has 0 saturated carbocycles. The molecule has 1 aliphatic heterocycles. The third-order valence-electron chi connectivity index (χ3n) is 4.08. The van der Waals surface area contributed by atoms with E-state index in [4.69, 9.17) is 16.3 Å². The van der Waals surface area contributed by atoms with Crippen molar-refractivity contribution in [2.75, 3.05) is 13.1 Å². The van der Waals surface area contributed by atoms with E-state index in [2.05, 4.69) is 15.9 Å². The normalized spacial score (nSPS) is 15.3. The monoisotopic (exact) mass is 429 g/mol. The predicted octanol–water partition coefficient (Wildman–Crippen LogP) is 5.06. The fourth-order valence-electron chi connectivity index (χ4n) is 2.76. The molecule has 132 valence electrons. The largest absolute Gasteiger partial charge is 0.487 e. The second-order valence-electron chi connectivity index (χ2n) is 5.81.